The lowest BCUT2D eigenvalue weighted by Crippen LogP contribution is -2.19. The predicted octanol–water partition coefficient (Wildman–Crippen LogP) is 5.46. The summed E-state index contributed by atoms with van der Waals surface area (Å²) in [4.78, 5) is 4.84. The number of aromatic nitrogens is 3. The quantitative estimate of drug-likeness (QED) is 0.201. The summed E-state index contributed by atoms with van der Waals surface area (Å²) < 4.78 is 4.07. The van der Waals surface area contributed by atoms with Crippen molar-refractivity contribution in [2.45, 2.75) is 40.0 Å². The van der Waals surface area contributed by atoms with Crippen molar-refractivity contribution in [1.82, 2.24) is 20.1 Å². The standard InChI is InChI=1S/C24H34N5S/c1-6-11-22(12-7-2)29-18-21(17-26-29)24-27-23(19-30-24)20(5)28(15-9-4)16-10-14-25-13-8-3/h6-7,11-12,16-19,25H,1,5,8-10,13-15H2,2-4H3/q+1/b12-7-,22-11+,28-16?. The lowest BCUT2D eigenvalue weighted by Gasteiger charge is -2.03. The molecule has 160 valence electrons. The maximum Gasteiger partial charge on any atom is 0.224 e. The minimum atomic E-state index is 0.921. The Bertz CT molecular complexity index is 914. The summed E-state index contributed by atoms with van der Waals surface area (Å²) in [6.07, 6.45) is 16.9. The second-order valence-electron chi connectivity index (χ2n) is 6.90. The van der Waals surface area contributed by atoms with Gasteiger partial charge in [0.1, 0.15) is 23.5 Å². The SMILES string of the molecule is C=C/C=C(\C=C/C)n1cc(-c2nc(C(=C)[N+](=CCCNCCC)CCC)cs2)cn1. The van der Waals surface area contributed by atoms with E-state index in [-0.39, 0.29) is 0 Å². The van der Waals surface area contributed by atoms with E-state index < -0.39 is 0 Å². The zero-order valence-corrected chi connectivity index (χ0v) is 19.3. The summed E-state index contributed by atoms with van der Waals surface area (Å²) in [5.74, 6) is 0. The van der Waals surface area contributed by atoms with Crippen LogP contribution in [0.1, 0.15) is 45.7 Å². The Morgan fingerprint density at radius 1 is 1.30 bits per heavy atom. The summed E-state index contributed by atoms with van der Waals surface area (Å²) in [6, 6.07) is 0. The van der Waals surface area contributed by atoms with Crippen molar-refractivity contribution in [2.75, 3.05) is 19.6 Å². The van der Waals surface area contributed by atoms with Gasteiger partial charge in [0.15, 0.2) is 0 Å². The Hall–Kier alpha value is -2.57. The highest BCUT2D eigenvalue weighted by Crippen LogP contribution is 2.27. The average Bonchev–Trinajstić information content (AvgIpc) is 3.42. The second kappa shape index (κ2) is 12.9. The van der Waals surface area contributed by atoms with Crippen LogP contribution in [0.25, 0.3) is 22.0 Å². The summed E-state index contributed by atoms with van der Waals surface area (Å²) in [5, 5.41) is 10.9. The molecule has 0 unspecified atom stereocenters. The lowest BCUT2D eigenvalue weighted by molar-refractivity contribution is -0.427. The molecule has 2 aromatic heterocycles. The lowest BCUT2D eigenvalue weighted by atomic mass is 10.3. The van der Waals surface area contributed by atoms with Crippen LogP contribution in [0.2, 0.25) is 0 Å². The van der Waals surface area contributed by atoms with Crippen molar-refractivity contribution in [3.63, 3.8) is 0 Å². The highest BCUT2D eigenvalue weighted by Gasteiger charge is 2.17. The van der Waals surface area contributed by atoms with Crippen LogP contribution < -0.4 is 5.32 Å². The first kappa shape index (κ1) is 23.7. The first-order valence-electron chi connectivity index (χ1n) is 10.6. The minimum absolute atomic E-state index is 0.921. The molecule has 0 aliphatic heterocycles. The molecule has 0 saturated heterocycles. The molecule has 0 aliphatic carbocycles. The molecular weight excluding hydrogens is 390 g/mol. The normalized spacial score (nSPS) is 12.6. The number of thiazole rings is 1. The van der Waals surface area contributed by atoms with Crippen molar-refractivity contribution in [3.05, 3.63) is 60.9 Å². The van der Waals surface area contributed by atoms with Crippen LogP contribution in [0.15, 0.2) is 55.2 Å². The van der Waals surface area contributed by atoms with Gasteiger partial charge < -0.3 is 5.32 Å². The fourth-order valence-electron chi connectivity index (χ4n) is 2.96. The van der Waals surface area contributed by atoms with E-state index in [0.717, 1.165) is 66.6 Å². The third kappa shape index (κ3) is 6.75. The van der Waals surface area contributed by atoms with Crippen LogP contribution in [0, 0.1) is 0 Å². The van der Waals surface area contributed by atoms with Gasteiger partial charge in [-0.25, -0.2) is 14.2 Å². The highest BCUT2D eigenvalue weighted by molar-refractivity contribution is 7.13. The Morgan fingerprint density at radius 2 is 2.13 bits per heavy atom. The topological polar surface area (TPSA) is 45.8 Å². The molecule has 0 bridgehead atoms. The van der Waals surface area contributed by atoms with E-state index >= 15 is 0 Å². The van der Waals surface area contributed by atoms with Crippen LogP contribution >= 0.6 is 11.3 Å². The fourth-order valence-corrected chi connectivity index (χ4v) is 3.77. The Morgan fingerprint density at radius 3 is 2.83 bits per heavy atom. The van der Waals surface area contributed by atoms with Crippen molar-refractivity contribution in [1.29, 1.82) is 0 Å². The molecule has 5 nitrogen and oxygen atoms in total. The maximum absolute atomic E-state index is 4.84. The molecular formula is C24H34N5S+. The van der Waals surface area contributed by atoms with Gasteiger partial charge in [0.05, 0.1) is 11.9 Å². The molecule has 0 spiro atoms. The summed E-state index contributed by atoms with van der Waals surface area (Å²) in [6.45, 7) is 17.4. The minimum Gasteiger partial charge on any atom is -0.316 e. The largest absolute Gasteiger partial charge is 0.316 e. The summed E-state index contributed by atoms with van der Waals surface area (Å²) >= 11 is 1.62. The van der Waals surface area contributed by atoms with E-state index in [1.54, 1.807) is 17.4 Å². The van der Waals surface area contributed by atoms with E-state index in [2.05, 4.69) is 53.6 Å². The van der Waals surface area contributed by atoms with Gasteiger partial charge in [-0.1, -0.05) is 32.6 Å². The van der Waals surface area contributed by atoms with Crippen LogP contribution in [0.5, 0.6) is 0 Å². The van der Waals surface area contributed by atoms with Crippen molar-refractivity contribution in [3.8, 4) is 10.6 Å². The van der Waals surface area contributed by atoms with Crippen molar-refractivity contribution in [2.24, 2.45) is 0 Å². The van der Waals surface area contributed by atoms with Crippen LogP contribution in [-0.4, -0.2) is 45.2 Å². The average molecular weight is 425 g/mol. The van der Waals surface area contributed by atoms with Gasteiger partial charge in [0, 0.05) is 36.5 Å². The molecule has 0 atom stereocenters. The molecule has 6 heteroatoms. The molecule has 1 N–H and O–H groups in total. The molecule has 0 saturated carbocycles. The van der Waals surface area contributed by atoms with Gasteiger partial charge in [-0.2, -0.15) is 5.10 Å². The van der Waals surface area contributed by atoms with Gasteiger partial charge in [0.25, 0.3) is 0 Å². The van der Waals surface area contributed by atoms with E-state index in [1.807, 2.05) is 42.2 Å². The number of hydrogen-bond donors (Lipinski definition) is 1. The smallest absolute Gasteiger partial charge is 0.224 e. The van der Waals surface area contributed by atoms with Crippen LogP contribution in [0.3, 0.4) is 0 Å². The van der Waals surface area contributed by atoms with Gasteiger partial charge in [-0.05, 0) is 38.6 Å². The van der Waals surface area contributed by atoms with Crippen LogP contribution in [0.4, 0.5) is 0 Å². The molecule has 0 aliphatic rings. The fraction of sp³-hybridized carbons (Fsp3) is 0.375. The third-order valence-electron chi connectivity index (χ3n) is 4.43. The van der Waals surface area contributed by atoms with E-state index in [4.69, 9.17) is 4.98 Å². The highest BCUT2D eigenvalue weighted by atomic mass is 32.1. The van der Waals surface area contributed by atoms with E-state index in [0.29, 0.717) is 0 Å². The second-order valence-corrected chi connectivity index (χ2v) is 7.76. The number of rotatable bonds is 13. The Balaban J connectivity index is 2.16. The summed E-state index contributed by atoms with van der Waals surface area (Å²) in [7, 11) is 0. The molecule has 0 amide bonds. The maximum atomic E-state index is 4.84. The van der Waals surface area contributed by atoms with Gasteiger partial charge >= 0.3 is 0 Å². The van der Waals surface area contributed by atoms with Crippen molar-refractivity contribution >= 4 is 28.9 Å². The molecule has 2 heterocycles. The molecule has 2 aromatic rings. The van der Waals surface area contributed by atoms with Crippen LogP contribution in [-0.2, 0) is 0 Å². The number of hydrogen-bond acceptors (Lipinski definition) is 4. The summed E-state index contributed by atoms with van der Waals surface area (Å²) in [5.41, 5.74) is 3.82. The third-order valence-corrected chi connectivity index (χ3v) is 5.32. The number of nitrogens with zero attached hydrogens (tertiary/aromatic N) is 4. The molecule has 0 fully saturated rings. The molecule has 30 heavy (non-hydrogen) atoms. The van der Waals surface area contributed by atoms with E-state index in [1.165, 1.54) is 0 Å². The molecule has 2 rings (SSSR count). The molecule has 0 radical (unpaired) electrons. The van der Waals surface area contributed by atoms with Crippen molar-refractivity contribution < 1.29 is 4.58 Å². The monoisotopic (exact) mass is 424 g/mol. The number of allylic oxidation sites excluding steroid dienone is 5. The predicted molar refractivity (Wildman–Crippen MR) is 131 cm³/mol. The first-order chi connectivity index (χ1) is 14.6. The Kier molecular flexibility index (Phi) is 10.2. The zero-order valence-electron chi connectivity index (χ0n) is 18.5. The first-order valence-corrected chi connectivity index (χ1v) is 11.5. The van der Waals surface area contributed by atoms with E-state index in [9.17, 15) is 0 Å². The Labute approximate surface area is 184 Å². The van der Waals surface area contributed by atoms with Gasteiger partial charge in [0.2, 0.25) is 5.70 Å². The van der Waals surface area contributed by atoms with Gasteiger partial charge in [-0.3, -0.25) is 0 Å². The number of nitrogens with one attached hydrogen (secondary N) is 1. The zero-order chi connectivity index (χ0) is 21.8. The molecule has 0 aromatic carbocycles. The van der Waals surface area contributed by atoms with Gasteiger partial charge in [-0.15, -0.1) is 11.3 Å².